The SMILES string of the molecule is CCNC(=O)c1ccc(C)c(NCc2ncc(Cl)s2)c1. The quantitative estimate of drug-likeness (QED) is 0.889. The number of rotatable bonds is 5. The van der Waals surface area contributed by atoms with Crippen molar-refractivity contribution in [3.8, 4) is 0 Å². The molecule has 20 heavy (non-hydrogen) atoms. The van der Waals surface area contributed by atoms with Crippen LogP contribution in [0.1, 0.15) is 27.9 Å². The van der Waals surface area contributed by atoms with Gasteiger partial charge in [0.15, 0.2) is 0 Å². The van der Waals surface area contributed by atoms with Crippen LogP contribution in [0.25, 0.3) is 0 Å². The highest BCUT2D eigenvalue weighted by atomic mass is 35.5. The number of hydrogen-bond donors (Lipinski definition) is 2. The number of nitrogens with zero attached hydrogens (tertiary/aromatic N) is 1. The van der Waals surface area contributed by atoms with Gasteiger partial charge in [0.25, 0.3) is 5.91 Å². The Kier molecular flexibility index (Phi) is 4.98. The third-order valence-electron chi connectivity index (χ3n) is 2.79. The Morgan fingerprint density at radius 2 is 2.25 bits per heavy atom. The van der Waals surface area contributed by atoms with E-state index in [9.17, 15) is 4.79 Å². The van der Waals surface area contributed by atoms with E-state index in [0.717, 1.165) is 16.3 Å². The van der Waals surface area contributed by atoms with Crippen molar-refractivity contribution in [2.75, 3.05) is 11.9 Å². The van der Waals surface area contributed by atoms with Crippen LogP contribution in [-0.2, 0) is 6.54 Å². The first-order chi connectivity index (χ1) is 9.60. The zero-order chi connectivity index (χ0) is 14.5. The Morgan fingerprint density at radius 3 is 2.90 bits per heavy atom. The number of benzene rings is 1. The van der Waals surface area contributed by atoms with Crippen LogP contribution in [0.3, 0.4) is 0 Å². The number of amides is 1. The molecule has 0 saturated carbocycles. The van der Waals surface area contributed by atoms with E-state index in [-0.39, 0.29) is 5.91 Å². The van der Waals surface area contributed by atoms with E-state index >= 15 is 0 Å². The standard InChI is InChI=1S/C14H16ClN3OS/c1-3-16-14(19)10-5-4-9(2)11(6-10)17-8-13-18-7-12(15)20-13/h4-7,17H,3,8H2,1-2H3,(H,16,19). The molecule has 2 N–H and O–H groups in total. The number of aryl methyl sites for hydroxylation is 1. The van der Waals surface area contributed by atoms with Crippen LogP contribution in [0.4, 0.5) is 5.69 Å². The molecule has 1 heterocycles. The summed E-state index contributed by atoms with van der Waals surface area (Å²) in [5.41, 5.74) is 2.66. The van der Waals surface area contributed by atoms with Gasteiger partial charge < -0.3 is 10.6 Å². The molecular weight excluding hydrogens is 294 g/mol. The zero-order valence-electron chi connectivity index (χ0n) is 11.4. The van der Waals surface area contributed by atoms with Gasteiger partial charge in [-0.05, 0) is 31.5 Å². The molecule has 0 atom stereocenters. The van der Waals surface area contributed by atoms with Gasteiger partial charge in [-0.25, -0.2) is 4.98 Å². The average Bonchev–Trinajstić information content (AvgIpc) is 2.84. The highest BCUT2D eigenvalue weighted by molar-refractivity contribution is 7.15. The van der Waals surface area contributed by atoms with Crippen LogP contribution in [0, 0.1) is 6.92 Å². The minimum absolute atomic E-state index is 0.0622. The highest BCUT2D eigenvalue weighted by Crippen LogP contribution is 2.21. The van der Waals surface area contributed by atoms with Crippen LogP contribution in [-0.4, -0.2) is 17.4 Å². The summed E-state index contributed by atoms with van der Waals surface area (Å²) in [7, 11) is 0. The Morgan fingerprint density at radius 1 is 1.45 bits per heavy atom. The maximum Gasteiger partial charge on any atom is 0.251 e. The molecular formula is C14H16ClN3OS. The number of carbonyl (C=O) groups is 1. The van der Waals surface area contributed by atoms with Crippen molar-refractivity contribution in [1.29, 1.82) is 0 Å². The minimum atomic E-state index is -0.0622. The maximum absolute atomic E-state index is 11.8. The lowest BCUT2D eigenvalue weighted by Gasteiger charge is -2.10. The highest BCUT2D eigenvalue weighted by Gasteiger charge is 2.07. The molecule has 0 spiro atoms. The molecule has 1 aromatic carbocycles. The fourth-order valence-electron chi connectivity index (χ4n) is 1.76. The molecule has 0 aliphatic carbocycles. The van der Waals surface area contributed by atoms with Gasteiger partial charge in [-0.1, -0.05) is 17.7 Å². The molecule has 0 aliphatic heterocycles. The van der Waals surface area contributed by atoms with E-state index in [0.29, 0.717) is 23.0 Å². The molecule has 0 unspecified atom stereocenters. The normalized spacial score (nSPS) is 10.3. The van der Waals surface area contributed by atoms with Crippen LogP contribution in [0.5, 0.6) is 0 Å². The summed E-state index contributed by atoms with van der Waals surface area (Å²) >= 11 is 7.29. The van der Waals surface area contributed by atoms with Crippen molar-refractivity contribution in [3.63, 3.8) is 0 Å². The van der Waals surface area contributed by atoms with Crippen LogP contribution >= 0.6 is 22.9 Å². The Hall–Kier alpha value is -1.59. The number of carbonyl (C=O) groups excluding carboxylic acids is 1. The first-order valence-corrected chi connectivity index (χ1v) is 7.52. The second-order valence-electron chi connectivity index (χ2n) is 4.30. The second-order valence-corrected chi connectivity index (χ2v) is 6.05. The predicted octanol–water partition coefficient (Wildman–Crippen LogP) is 3.47. The van der Waals surface area contributed by atoms with Gasteiger partial charge in [0.05, 0.1) is 12.7 Å². The molecule has 1 aromatic heterocycles. The molecule has 0 aliphatic rings. The molecule has 0 bridgehead atoms. The largest absolute Gasteiger partial charge is 0.378 e. The third-order valence-corrected chi connectivity index (χ3v) is 3.91. The summed E-state index contributed by atoms with van der Waals surface area (Å²) in [4.78, 5) is 16.0. The average molecular weight is 310 g/mol. The summed E-state index contributed by atoms with van der Waals surface area (Å²) in [6, 6.07) is 5.61. The number of aromatic nitrogens is 1. The van der Waals surface area contributed by atoms with Gasteiger partial charge >= 0.3 is 0 Å². The Bertz CT molecular complexity index is 612. The van der Waals surface area contributed by atoms with E-state index in [1.165, 1.54) is 11.3 Å². The fraction of sp³-hybridized carbons (Fsp3) is 0.286. The predicted molar refractivity (Wildman–Crippen MR) is 83.6 cm³/mol. The monoisotopic (exact) mass is 309 g/mol. The minimum Gasteiger partial charge on any atom is -0.378 e. The van der Waals surface area contributed by atoms with Crippen LogP contribution in [0.15, 0.2) is 24.4 Å². The van der Waals surface area contributed by atoms with E-state index in [1.807, 2.05) is 32.0 Å². The molecule has 1 amide bonds. The summed E-state index contributed by atoms with van der Waals surface area (Å²) in [5.74, 6) is -0.0622. The summed E-state index contributed by atoms with van der Waals surface area (Å²) in [5, 5.41) is 7.00. The third kappa shape index (κ3) is 3.71. The molecule has 2 aromatic rings. The Balaban J connectivity index is 2.10. The molecule has 6 heteroatoms. The van der Waals surface area contributed by atoms with Gasteiger partial charge in [0.1, 0.15) is 9.34 Å². The fourth-order valence-corrected chi connectivity index (χ4v) is 2.65. The summed E-state index contributed by atoms with van der Waals surface area (Å²) in [6.07, 6.45) is 1.64. The van der Waals surface area contributed by atoms with Gasteiger partial charge in [-0.2, -0.15) is 0 Å². The topological polar surface area (TPSA) is 54.0 Å². The molecule has 0 radical (unpaired) electrons. The van der Waals surface area contributed by atoms with Gasteiger partial charge in [-0.15, -0.1) is 11.3 Å². The van der Waals surface area contributed by atoms with Crippen molar-refractivity contribution < 1.29 is 4.79 Å². The lowest BCUT2D eigenvalue weighted by molar-refractivity contribution is 0.0956. The molecule has 0 fully saturated rings. The smallest absolute Gasteiger partial charge is 0.251 e. The molecule has 2 rings (SSSR count). The van der Waals surface area contributed by atoms with E-state index in [2.05, 4.69) is 15.6 Å². The summed E-state index contributed by atoms with van der Waals surface area (Å²) in [6.45, 7) is 5.11. The van der Waals surface area contributed by atoms with Crippen molar-refractivity contribution in [2.45, 2.75) is 20.4 Å². The zero-order valence-corrected chi connectivity index (χ0v) is 12.9. The number of anilines is 1. The van der Waals surface area contributed by atoms with Crippen LogP contribution in [0.2, 0.25) is 4.34 Å². The van der Waals surface area contributed by atoms with Crippen molar-refractivity contribution in [1.82, 2.24) is 10.3 Å². The number of halogens is 1. The van der Waals surface area contributed by atoms with E-state index in [1.54, 1.807) is 6.20 Å². The van der Waals surface area contributed by atoms with Gasteiger partial charge in [-0.3, -0.25) is 4.79 Å². The molecule has 0 saturated heterocycles. The Labute approximate surface area is 127 Å². The lowest BCUT2D eigenvalue weighted by Crippen LogP contribution is -2.22. The molecule has 106 valence electrons. The second kappa shape index (κ2) is 6.72. The van der Waals surface area contributed by atoms with Crippen LogP contribution < -0.4 is 10.6 Å². The summed E-state index contributed by atoms with van der Waals surface area (Å²) < 4.78 is 0.676. The molecule has 4 nitrogen and oxygen atoms in total. The first-order valence-electron chi connectivity index (χ1n) is 6.33. The van der Waals surface area contributed by atoms with Crippen molar-refractivity contribution >= 4 is 34.5 Å². The number of hydrogen-bond acceptors (Lipinski definition) is 4. The van der Waals surface area contributed by atoms with E-state index < -0.39 is 0 Å². The van der Waals surface area contributed by atoms with Crippen molar-refractivity contribution in [3.05, 3.63) is 44.9 Å². The lowest BCUT2D eigenvalue weighted by atomic mass is 10.1. The number of nitrogens with one attached hydrogen (secondary N) is 2. The first kappa shape index (κ1) is 14.8. The van der Waals surface area contributed by atoms with Gasteiger partial charge in [0, 0.05) is 17.8 Å². The maximum atomic E-state index is 11.8. The number of thiazole rings is 1. The van der Waals surface area contributed by atoms with Crippen molar-refractivity contribution in [2.24, 2.45) is 0 Å². The van der Waals surface area contributed by atoms with Gasteiger partial charge in [0.2, 0.25) is 0 Å². The van der Waals surface area contributed by atoms with E-state index in [4.69, 9.17) is 11.6 Å².